The Hall–Kier alpha value is -1.14. The molecule has 0 aromatic rings. The van der Waals surface area contributed by atoms with Crippen molar-refractivity contribution in [1.29, 1.82) is 0 Å². The molecule has 0 saturated carbocycles. The lowest BCUT2D eigenvalue weighted by Crippen LogP contribution is -2.50. The molecule has 1 aliphatic rings. The number of carbonyl (C=O) groups excluding carboxylic acids is 2. The van der Waals surface area contributed by atoms with Gasteiger partial charge in [-0.05, 0) is 25.7 Å². The molecule has 2 N–H and O–H groups in total. The molecule has 1 aliphatic heterocycles. The number of carbonyl (C=O) groups is 2. The van der Waals surface area contributed by atoms with Crippen LogP contribution in [0.1, 0.15) is 26.7 Å². The molecule has 0 aromatic carbocycles. The molecule has 0 aromatic heterocycles. The maximum Gasteiger partial charge on any atom is 0.236 e. The zero-order valence-electron chi connectivity index (χ0n) is 12.8. The molecule has 1 fully saturated rings. The van der Waals surface area contributed by atoms with Crippen LogP contribution in [0.25, 0.3) is 0 Å². The van der Waals surface area contributed by atoms with Crippen LogP contribution in [0.15, 0.2) is 0 Å². The van der Waals surface area contributed by atoms with E-state index in [1.165, 1.54) is 0 Å². The molecule has 2 amide bonds. The van der Waals surface area contributed by atoms with Crippen LogP contribution < -0.4 is 5.73 Å². The summed E-state index contributed by atoms with van der Waals surface area (Å²) in [5.74, 6) is 0.343. The number of likely N-dealkylation sites (tertiary alicyclic amines) is 1. The first-order chi connectivity index (χ1) is 9.45. The number of hydrogen-bond donors (Lipinski definition) is 1. The normalized spacial score (nSPS) is 18.3. The Labute approximate surface area is 121 Å². The van der Waals surface area contributed by atoms with Crippen molar-refractivity contribution < 1.29 is 14.3 Å². The molecule has 1 atom stereocenters. The monoisotopic (exact) mass is 285 g/mol. The molecule has 20 heavy (non-hydrogen) atoms. The third-order valence-corrected chi connectivity index (χ3v) is 4.02. The van der Waals surface area contributed by atoms with Gasteiger partial charge in [-0.1, -0.05) is 6.92 Å². The third-order valence-electron chi connectivity index (χ3n) is 4.02. The summed E-state index contributed by atoms with van der Waals surface area (Å²) in [4.78, 5) is 27.3. The fourth-order valence-electron chi connectivity index (χ4n) is 2.33. The second-order valence-electron chi connectivity index (χ2n) is 5.60. The van der Waals surface area contributed by atoms with Gasteiger partial charge in [0.05, 0.1) is 19.2 Å². The molecule has 0 radical (unpaired) electrons. The van der Waals surface area contributed by atoms with Crippen LogP contribution in [-0.2, 0) is 14.3 Å². The van der Waals surface area contributed by atoms with Crippen molar-refractivity contribution in [1.82, 2.24) is 9.80 Å². The Morgan fingerprint density at radius 1 is 1.40 bits per heavy atom. The van der Waals surface area contributed by atoms with Crippen molar-refractivity contribution in [3.05, 3.63) is 0 Å². The van der Waals surface area contributed by atoms with Gasteiger partial charge >= 0.3 is 0 Å². The number of piperidine rings is 1. The molecule has 116 valence electrons. The highest BCUT2D eigenvalue weighted by Crippen LogP contribution is 2.16. The topological polar surface area (TPSA) is 75.9 Å². The Bertz CT molecular complexity index is 328. The minimum atomic E-state index is -0.460. The van der Waals surface area contributed by atoms with Gasteiger partial charge in [0.15, 0.2) is 0 Å². The number of hydrogen-bond acceptors (Lipinski definition) is 4. The first-order valence-electron chi connectivity index (χ1n) is 7.25. The fourth-order valence-corrected chi connectivity index (χ4v) is 2.33. The summed E-state index contributed by atoms with van der Waals surface area (Å²) < 4.78 is 5.02. The van der Waals surface area contributed by atoms with E-state index in [-0.39, 0.29) is 12.5 Å². The number of nitrogens with zero attached hydrogens (tertiary/aromatic N) is 2. The Morgan fingerprint density at radius 2 is 2.00 bits per heavy atom. The standard InChI is InChI=1S/C14H27N3O3/c1-11-4-6-16(7-5-11)13(18)10-17(8-9-20-3)12(2)14(15)19/h11-12H,4-10H2,1-3H3,(H2,15,19). The molecule has 1 heterocycles. The van der Waals surface area contributed by atoms with Crippen molar-refractivity contribution in [2.24, 2.45) is 11.7 Å². The molecular formula is C14H27N3O3. The van der Waals surface area contributed by atoms with Crippen molar-refractivity contribution in [3.8, 4) is 0 Å². The molecule has 1 unspecified atom stereocenters. The fraction of sp³-hybridized carbons (Fsp3) is 0.857. The van der Waals surface area contributed by atoms with Crippen molar-refractivity contribution in [2.75, 3.05) is 39.9 Å². The zero-order chi connectivity index (χ0) is 15.1. The largest absolute Gasteiger partial charge is 0.383 e. The third kappa shape index (κ3) is 5.09. The van der Waals surface area contributed by atoms with Crippen molar-refractivity contribution in [3.63, 3.8) is 0 Å². The summed E-state index contributed by atoms with van der Waals surface area (Å²) in [6, 6.07) is -0.460. The van der Waals surface area contributed by atoms with Gasteiger partial charge in [-0.25, -0.2) is 0 Å². The van der Waals surface area contributed by atoms with E-state index in [1.807, 2.05) is 4.90 Å². The smallest absolute Gasteiger partial charge is 0.236 e. The minimum Gasteiger partial charge on any atom is -0.383 e. The Morgan fingerprint density at radius 3 is 2.50 bits per heavy atom. The molecular weight excluding hydrogens is 258 g/mol. The van der Waals surface area contributed by atoms with Crippen LogP contribution in [0, 0.1) is 5.92 Å². The molecule has 1 saturated heterocycles. The zero-order valence-corrected chi connectivity index (χ0v) is 12.8. The van der Waals surface area contributed by atoms with Crippen LogP contribution in [0.4, 0.5) is 0 Å². The molecule has 6 nitrogen and oxygen atoms in total. The van der Waals surface area contributed by atoms with Crippen LogP contribution in [0.2, 0.25) is 0 Å². The van der Waals surface area contributed by atoms with Gasteiger partial charge in [0.25, 0.3) is 0 Å². The maximum atomic E-state index is 12.3. The van der Waals surface area contributed by atoms with E-state index >= 15 is 0 Å². The minimum absolute atomic E-state index is 0.0705. The Kier molecular flexibility index (Phi) is 6.95. The lowest BCUT2D eigenvalue weighted by Gasteiger charge is -2.33. The van der Waals surface area contributed by atoms with E-state index in [1.54, 1.807) is 18.9 Å². The quantitative estimate of drug-likeness (QED) is 0.718. The average Bonchev–Trinajstić information content (AvgIpc) is 2.43. The first kappa shape index (κ1) is 16.9. The van der Waals surface area contributed by atoms with Crippen molar-refractivity contribution >= 4 is 11.8 Å². The summed E-state index contributed by atoms with van der Waals surface area (Å²) in [7, 11) is 1.60. The maximum absolute atomic E-state index is 12.3. The van der Waals surface area contributed by atoms with Gasteiger partial charge < -0.3 is 15.4 Å². The number of primary amides is 1. The summed E-state index contributed by atoms with van der Waals surface area (Å²) in [6.45, 7) is 6.78. The van der Waals surface area contributed by atoms with Gasteiger partial charge in [0, 0.05) is 26.7 Å². The molecule has 6 heteroatoms. The van der Waals surface area contributed by atoms with Gasteiger partial charge in [0.2, 0.25) is 11.8 Å². The number of amides is 2. The first-order valence-corrected chi connectivity index (χ1v) is 7.25. The molecule has 0 spiro atoms. The van der Waals surface area contributed by atoms with Gasteiger partial charge in [-0.15, -0.1) is 0 Å². The highest BCUT2D eigenvalue weighted by Gasteiger charge is 2.25. The van der Waals surface area contributed by atoms with E-state index in [0.717, 1.165) is 25.9 Å². The highest BCUT2D eigenvalue weighted by atomic mass is 16.5. The van der Waals surface area contributed by atoms with E-state index in [0.29, 0.717) is 19.1 Å². The number of rotatable bonds is 7. The summed E-state index contributed by atoms with van der Waals surface area (Å²) in [5, 5.41) is 0. The van der Waals surface area contributed by atoms with Crippen molar-refractivity contribution in [2.45, 2.75) is 32.7 Å². The summed E-state index contributed by atoms with van der Waals surface area (Å²) in [5.41, 5.74) is 5.33. The van der Waals surface area contributed by atoms with E-state index < -0.39 is 11.9 Å². The lowest BCUT2D eigenvalue weighted by atomic mass is 9.99. The highest BCUT2D eigenvalue weighted by molar-refractivity contribution is 5.82. The van der Waals surface area contributed by atoms with E-state index in [2.05, 4.69) is 6.92 Å². The second-order valence-corrected chi connectivity index (χ2v) is 5.60. The molecule has 0 bridgehead atoms. The number of nitrogens with two attached hydrogens (primary N) is 1. The molecule has 1 rings (SSSR count). The van der Waals surface area contributed by atoms with Gasteiger partial charge in [-0.3, -0.25) is 14.5 Å². The van der Waals surface area contributed by atoms with Gasteiger partial charge in [-0.2, -0.15) is 0 Å². The second kappa shape index (κ2) is 8.21. The predicted octanol–water partition coefficient (Wildman–Crippen LogP) is 0.0671. The average molecular weight is 285 g/mol. The van der Waals surface area contributed by atoms with Gasteiger partial charge in [0.1, 0.15) is 0 Å². The van der Waals surface area contributed by atoms with Crippen LogP contribution >= 0.6 is 0 Å². The van der Waals surface area contributed by atoms with Crippen LogP contribution in [0.5, 0.6) is 0 Å². The molecule has 0 aliphatic carbocycles. The SMILES string of the molecule is COCCN(CC(=O)N1CCC(C)CC1)C(C)C(N)=O. The number of ether oxygens (including phenoxy) is 1. The lowest BCUT2D eigenvalue weighted by molar-refractivity contribution is -0.135. The van der Waals surface area contributed by atoms with Crippen LogP contribution in [0.3, 0.4) is 0 Å². The predicted molar refractivity (Wildman–Crippen MR) is 77.1 cm³/mol. The summed E-state index contributed by atoms with van der Waals surface area (Å²) in [6.07, 6.45) is 2.10. The number of methoxy groups -OCH3 is 1. The summed E-state index contributed by atoms with van der Waals surface area (Å²) >= 11 is 0. The Balaban J connectivity index is 2.54. The van der Waals surface area contributed by atoms with E-state index in [9.17, 15) is 9.59 Å². The van der Waals surface area contributed by atoms with E-state index in [4.69, 9.17) is 10.5 Å². The van der Waals surface area contributed by atoms with Crippen LogP contribution in [-0.4, -0.2) is 67.6 Å².